The molecule has 6 nitrogen and oxygen atoms in total. The Kier molecular flexibility index (Phi) is 6.53. The molecule has 1 heterocycles. The summed E-state index contributed by atoms with van der Waals surface area (Å²) in [5.41, 5.74) is 3.86. The molecule has 2 aromatic rings. The van der Waals surface area contributed by atoms with Crippen LogP contribution in [0.5, 0.6) is 11.5 Å². The van der Waals surface area contributed by atoms with Gasteiger partial charge in [-0.3, -0.25) is 4.79 Å². The number of ether oxygens (including phenoxy) is 2. The summed E-state index contributed by atoms with van der Waals surface area (Å²) in [6.07, 6.45) is 2.41. The van der Waals surface area contributed by atoms with E-state index < -0.39 is 0 Å². The maximum absolute atomic E-state index is 12.9. The van der Waals surface area contributed by atoms with Crippen molar-refractivity contribution in [3.8, 4) is 11.5 Å². The van der Waals surface area contributed by atoms with Crippen LogP contribution in [0.4, 0.5) is 0 Å². The van der Waals surface area contributed by atoms with Gasteiger partial charge in [0, 0.05) is 18.7 Å². The van der Waals surface area contributed by atoms with E-state index >= 15 is 0 Å². The van der Waals surface area contributed by atoms with Gasteiger partial charge in [-0.1, -0.05) is 17.3 Å². The standard InChI is InChI=1S/C22H26N2O4/c1-4-27-20-12-18-10-11-24(15-19(18)13-21(20)28-5-2)22(25)17-8-6-16(7-9-17)14-23-26-3/h6-9,12-14H,4-5,10-11,15H2,1-3H3/b23-14+. The van der Waals surface area contributed by atoms with Crippen LogP contribution in [0.2, 0.25) is 0 Å². The first-order valence-corrected chi connectivity index (χ1v) is 9.53. The van der Waals surface area contributed by atoms with Gasteiger partial charge in [0.2, 0.25) is 0 Å². The number of oxime groups is 1. The summed E-state index contributed by atoms with van der Waals surface area (Å²) in [5.74, 6) is 1.53. The van der Waals surface area contributed by atoms with E-state index in [1.54, 1.807) is 6.21 Å². The molecule has 0 saturated heterocycles. The summed E-state index contributed by atoms with van der Waals surface area (Å²) in [6.45, 7) is 6.31. The maximum atomic E-state index is 12.9. The number of hydrogen-bond acceptors (Lipinski definition) is 5. The van der Waals surface area contributed by atoms with Crippen LogP contribution in [0.3, 0.4) is 0 Å². The van der Waals surface area contributed by atoms with E-state index in [1.165, 1.54) is 12.7 Å². The summed E-state index contributed by atoms with van der Waals surface area (Å²) >= 11 is 0. The van der Waals surface area contributed by atoms with Crippen molar-refractivity contribution in [2.24, 2.45) is 5.16 Å². The second-order valence-corrected chi connectivity index (χ2v) is 6.45. The molecule has 1 aliphatic heterocycles. The molecule has 1 aliphatic rings. The summed E-state index contributed by atoms with van der Waals surface area (Å²) in [7, 11) is 1.50. The highest BCUT2D eigenvalue weighted by Gasteiger charge is 2.23. The molecule has 0 fully saturated rings. The van der Waals surface area contributed by atoms with Crippen molar-refractivity contribution in [3.05, 3.63) is 58.7 Å². The Bertz CT molecular complexity index is 846. The molecule has 28 heavy (non-hydrogen) atoms. The fraction of sp³-hybridized carbons (Fsp3) is 0.364. The van der Waals surface area contributed by atoms with Crippen molar-refractivity contribution >= 4 is 12.1 Å². The van der Waals surface area contributed by atoms with Crippen LogP contribution in [-0.4, -0.2) is 43.9 Å². The number of hydrogen-bond donors (Lipinski definition) is 0. The zero-order valence-corrected chi connectivity index (χ0v) is 16.6. The van der Waals surface area contributed by atoms with E-state index in [1.807, 2.05) is 49.1 Å². The maximum Gasteiger partial charge on any atom is 0.254 e. The van der Waals surface area contributed by atoms with Gasteiger partial charge in [-0.15, -0.1) is 0 Å². The van der Waals surface area contributed by atoms with Crippen LogP contribution in [0, 0.1) is 0 Å². The zero-order chi connectivity index (χ0) is 19.9. The quantitative estimate of drug-likeness (QED) is 0.542. The molecule has 0 bridgehead atoms. The molecule has 1 amide bonds. The van der Waals surface area contributed by atoms with Gasteiger partial charge in [-0.25, -0.2) is 0 Å². The number of nitrogens with zero attached hydrogens (tertiary/aromatic N) is 2. The number of benzene rings is 2. The number of fused-ring (bicyclic) bond motifs is 1. The van der Waals surface area contributed by atoms with Gasteiger partial charge in [0.1, 0.15) is 7.11 Å². The van der Waals surface area contributed by atoms with Gasteiger partial charge < -0.3 is 19.2 Å². The predicted octanol–water partition coefficient (Wildman–Crippen LogP) is 3.66. The van der Waals surface area contributed by atoms with E-state index in [0.717, 1.165) is 29.0 Å². The fourth-order valence-electron chi connectivity index (χ4n) is 3.28. The van der Waals surface area contributed by atoms with Crippen LogP contribution >= 0.6 is 0 Å². The van der Waals surface area contributed by atoms with Crippen LogP contribution in [0.1, 0.15) is 40.9 Å². The van der Waals surface area contributed by atoms with Crippen molar-refractivity contribution in [1.82, 2.24) is 4.90 Å². The highest BCUT2D eigenvalue weighted by Crippen LogP contribution is 2.34. The average Bonchev–Trinajstić information content (AvgIpc) is 2.72. The first-order chi connectivity index (χ1) is 13.7. The third kappa shape index (κ3) is 4.44. The lowest BCUT2D eigenvalue weighted by Gasteiger charge is -2.30. The minimum atomic E-state index is 0.0210. The smallest absolute Gasteiger partial charge is 0.254 e. The van der Waals surface area contributed by atoms with Crippen molar-refractivity contribution in [2.75, 3.05) is 26.9 Å². The first-order valence-electron chi connectivity index (χ1n) is 9.53. The van der Waals surface area contributed by atoms with Gasteiger partial charge in [-0.2, -0.15) is 0 Å². The second-order valence-electron chi connectivity index (χ2n) is 6.45. The minimum Gasteiger partial charge on any atom is -0.490 e. The highest BCUT2D eigenvalue weighted by molar-refractivity contribution is 5.95. The third-order valence-electron chi connectivity index (χ3n) is 4.63. The van der Waals surface area contributed by atoms with Gasteiger partial charge in [0.15, 0.2) is 11.5 Å². The van der Waals surface area contributed by atoms with Gasteiger partial charge in [-0.05, 0) is 61.2 Å². The molecule has 2 aromatic carbocycles. The van der Waals surface area contributed by atoms with Crippen molar-refractivity contribution < 1.29 is 19.1 Å². The normalized spacial score (nSPS) is 13.3. The molecular weight excluding hydrogens is 356 g/mol. The number of amides is 1. The van der Waals surface area contributed by atoms with E-state index in [9.17, 15) is 4.79 Å². The number of carbonyl (C=O) groups excluding carboxylic acids is 1. The van der Waals surface area contributed by atoms with E-state index in [0.29, 0.717) is 31.9 Å². The fourth-order valence-corrected chi connectivity index (χ4v) is 3.28. The summed E-state index contributed by atoms with van der Waals surface area (Å²) < 4.78 is 11.4. The summed E-state index contributed by atoms with van der Waals surface area (Å²) in [4.78, 5) is 19.5. The van der Waals surface area contributed by atoms with Gasteiger partial charge in [0.05, 0.1) is 19.4 Å². The minimum absolute atomic E-state index is 0.0210. The van der Waals surface area contributed by atoms with Crippen LogP contribution in [0.15, 0.2) is 41.6 Å². The summed E-state index contributed by atoms with van der Waals surface area (Å²) in [6, 6.07) is 11.4. The Labute approximate surface area is 165 Å². The van der Waals surface area contributed by atoms with Crippen molar-refractivity contribution in [1.29, 1.82) is 0 Å². The second kappa shape index (κ2) is 9.26. The molecule has 0 N–H and O–H groups in total. The van der Waals surface area contributed by atoms with E-state index in [-0.39, 0.29) is 5.91 Å². The molecule has 0 atom stereocenters. The molecule has 0 radical (unpaired) electrons. The van der Waals surface area contributed by atoms with Crippen molar-refractivity contribution in [2.45, 2.75) is 26.8 Å². The third-order valence-corrected chi connectivity index (χ3v) is 4.63. The lowest BCUT2D eigenvalue weighted by atomic mass is 9.98. The van der Waals surface area contributed by atoms with Crippen LogP contribution in [0.25, 0.3) is 0 Å². The topological polar surface area (TPSA) is 60.4 Å². The molecule has 6 heteroatoms. The molecule has 0 unspecified atom stereocenters. The molecular formula is C22H26N2O4. The van der Waals surface area contributed by atoms with Crippen LogP contribution in [-0.2, 0) is 17.8 Å². The Morgan fingerprint density at radius 2 is 1.71 bits per heavy atom. The average molecular weight is 382 g/mol. The first kappa shape index (κ1) is 19.7. The van der Waals surface area contributed by atoms with Gasteiger partial charge in [0.25, 0.3) is 5.91 Å². The van der Waals surface area contributed by atoms with Crippen molar-refractivity contribution in [3.63, 3.8) is 0 Å². The molecule has 0 aliphatic carbocycles. The monoisotopic (exact) mass is 382 g/mol. The summed E-state index contributed by atoms with van der Waals surface area (Å²) in [5, 5.41) is 3.73. The molecule has 0 spiro atoms. The molecule has 3 rings (SSSR count). The lowest BCUT2D eigenvalue weighted by molar-refractivity contribution is 0.0734. The van der Waals surface area contributed by atoms with E-state index in [4.69, 9.17) is 9.47 Å². The predicted molar refractivity (Wildman–Crippen MR) is 108 cm³/mol. The Hall–Kier alpha value is -3.02. The SMILES string of the molecule is CCOc1cc2c(cc1OCC)CN(C(=O)c1ccc(/C=N/OC)cc1)CC2. The van der Waals surface area contributed by atoms with Gasteiger partial charge >= 0.3 is 0 Å². The molecule has 0 saturated carbocycles. The number of rotatable bonds is 7. The Morgan fingerprint density at radius 3 is 2.32 bits per heavy atom. The number of carbonyl (C=O) groups is 1. The Balaban J connectivity index is 1.77. The Morgan fingerprint density at radius 1 is 1.07 bits per heavy atom. The van der Waals surface area contributed by atoms with E-state index in [2.05, 4.69) is 16.1 Å². The zero-order valence-electron chi connectivity index (χ0n) is 16.6. The molecule has 0 aromatic heterocycles. The van der Waals surface area contributed by atoms with Crippen LogP contribution < -0.4 is 9.47 Å². The molecule has 148 valence electrons. The largest absolute Gasteiger partial charge is 0.490 e. The highest BCUT2D eigenvalue weighted by atomic mass is 16.6. The lowest BCUT2D eigenvalue weighted by Crippen LogP contribution is -2.36.